The summed E-state index contributed by atoms with van der Waals surface area (Å²) in [6.45, 7) is -0.734. The Balaban J connectivity index is 3.12. The van der Waals surface area contributed by atoms with Crippen molar-refractivity contribution in [3.8, 4) is 12.3 Å². The topological polar surface area (TPSA) is 82.2 Å². The molecule has 0 fully saturated rings. The lowest BCUT2D eigenvalue weighted by molar-refractivity contribution is -0.272. The molecule has 142 valence electrons. The van der Waals surface area contributed by atoms with Crippen molar-refractivity contribution >= 4 is 35.0 Å². The maximum atomic E-state index is 13.8. The van der Waals surface area contributed by atoms with Crippen LogP contribution in [0.5, 0.6) is 0 Å². The molecule has 1 aromatic carbocycles. The maximum absolute atomic E-state index is 13.8. The molecule has 11 heteroatoms. The van der Waals surface area contributed by atoms with Crippen LogP contribution < -0.4 is 0 Å². The third-order valence-electron chi connectivity index (χ3n) is 3.38. The molecule has 1 rings (SSSR count). The van der Waals surface area contributed by atoms with Gasteiger partial charge in [0.15, 0.2) is 11.4 Å². The number of aliphatic hydroxyl groups is 1. The lowest BCUT2D eigenvalue weighted by Crippen LogP contribution is -2.55. The quantitative estimate of drug-likeness (QED) is 0.303. The Bertz CT molecular complexity index is 752. The van der Waals surface area contributed by atoms with E-state index in [-0.39, 0.29) is 10.8 Å². The van der Waals surface area contributed by atoms with E-state index in [4.69, 9.17) is 23.1 Å². The smallest absolute Gasteiger partial charge is 0.419 e. The Labute approximate surface area is 155 Å². The molecular formula is C15H13ClF4N2O3S. The second kappa shape index (κ2) is 8.70. The number of aliphatic carboxylic acids is 1. The Hall–Kier alpha value is -1.83. The van der Waals surface area contributed by atoms with Gasteiger partial charge in [-0.1, -0.05) is 17.5 Å². The second-order valence-corrected chi connectivity index (χ2v) is 6.53. The fourth-order valence-corrected chi connectivity index (χ4v) is 2.67. The summed E-state index contributed by atoms with van der Waals surface area (Å²) in [5.74, 6) is -2.50. The average molecular weight is 413 g/mol. The van der Waals surface area contributed by atoms with Crippen LogP contribution in [0.3, 0.4) is 0 Å². The van der Waals surface area contributed by atoms with Crippen LogP contribution in [0.2, 0.25) is 5.02 Å². The summed E-state index contributed by atoms with van der Waals surface area (Å²) in [6.07, 6.45) is -0.178. The number of carbonyl (C=O) groups is 1. The predicted molar refractivity (Wildman–Crippen MR) is 88.2 cm³/mol. The van der Waals surface area contributed by atoms with Gasteiger partial charge in [-0.15, -0.1) is 18.2 Å². The van der Waals surface area contributed by atoms with Crippen molar-refractivity contribution in [1.82, 2.24) is 0 Å². The van der Waals surface area contributed by atoms with Gasteiger partial charge in [-0.3, -0.25) is 4.79 Å². The van der Waals surface area contributed by atoms with Crippen molar-refractivity contribution in [2.45, 2.75) is 23.6 Å². The summed E-state index contributed by atoms with van der Waals surface area (Å²) in [5, 5.41) is 25.0. The normalized spacial score (nSPS) is 15.5. The second-order valence-electron chi connectivity index (χ2n) is 5.11. The van der Waals surface area contributed by atoms with Crippen LogP contribution in [-0.2, 0) is 4.79 Å². The van der Waals surface area contributed by atoms with E-state index in [9.17, 15) is 27.5 Å². The summed E-state index contributed by atoms with van der Waals surface area (Å²) in [7, 11) is 0. The minimum absolute atomic E-state index is 0.0352. The van der Waals surface area contributed by atoms with E-state index in [0.717, 1.165) is 23.9 Å². The Kier molecular flexibility index (Phi) is 7.44. The standard InChI is InChI=1S/C15H13ClF4N2O3S/c1-3-4-26-12-6-11(10(17)5-9(12)16)22-21-7-14(25,15(18,19)20)8(2)13(23)24/h1,5-6,8,25H,4,7H2,2H3,(H,23,24). The number of thioether (sulfide) groups is 1. The van der Waals surface area contributed by atoms with Gasteiger partial charge in [0.05, 0.1) is 23.2 Å². The molecule has 0 spiro atoms. The fraction of sp³-hybridized carbons (Fsp3) is 0.400. The largest absolute Gasteiger partial charge is 0.481 e. The molecular weight excluding hydrogens is 400 g/mol. The number of rotatable bonds is 7. The van der Waals surface area contributed by atoms with Gasteiger partial charge in [0.25, 0.3) is 0 Å². The van der Waals surface area contributed by atoms with E-state index in [1.54, 1.807) is 0 Å². The molecule has 0 aliphatic rings. The highest BCUT2D eigenvalue weighted by Gasteiger charge is 2.59. The summed E-state index contributed by atoms with van der Waals surface area (Å²) >= 11 is 6.90. The number of terminal acetylenes is 1. The SMILES string of the molecule is C#CCSc1cc(N=NCC(O)(C(C)C(=O)O)C(F)(F)F)c(F)cc1Cl. The zero-order valence-electron chi connectivity index (χ0n) is 13.2. The molecule has 0 aliphatic heterocycles. The summed E-state index contributed by atoms with van der Waals surface area (Å²) in [4.78, 5) is 11.2. The van der Waals surface area contributed by atoms with Crippen molar-refractivity contribution in [1.29, 1.82) is 0 Å². The molecule has 1 aromatic rings. The number of carboxylic acids is 1. The van der Waals surface area contributed by atoms with Crippen LogP contribution in [-0.4, -0.2) is 40.3 Å². The van der Waals surface area contributed by atoms with Gasteiger partial charge in [-0.25, -0.2) is 4.39 Å². The molecule has 0 aliphatic carbocycles. The zero-order chi connectivity index (χ0) is 20.1. The van der Waals surface area contributed by atoms with Gasteiger partial charge >= 0.3 is 12.1 Å². The first kappa shape index (κ1) is 22.2. The van der Waals surface area contributed by atoms with Crippen molar-refractivity contribution in [2.75, 3.05) is 12.3 Å². The van der Waals surface area contributed by atoms with Gasteiger partial charge in [0, 0.05) is 4.90 Å². The number of hydrogen-bond acceptors (Lipinski definition) is 5. The van der Waals surface area contributed by atoms with Crippen LogP contribution in [0.4, 0.5) is 23.2 Å². The van der Waals surface area contributed by atoms with Gasteiger partial charge in [-0.2, -0.15) is 23.4 Å². The Morgan fingerprint density at radius 3 is 2.58 bits per heavy atom. The highest BCUT2D eigenvalue weighted by Crippen LogP contribution is 2.38. The molecule has 0 saturated carbocycles. The average Bonchev–Trinajstić information content (AvgIpc) is 2.53. The minimum Gasteiger partial charge on any atom is -0.481 e. The molecule has 2 unspecified atom stereocenters. The van der Waals surface area contributed by atoms with Crippen molar-refractivity contribution in [3.63, 3.8) is 0 Å². The predicted octanol–water partition coefficient (Wildman–Crippen LogP) is 4.30. The highest BCUT2D eigenvalue weighted by atomic mass is 35.5. The lowest BCUT2D eigenvalue weighted by atomic mass is 9.88. The maximum Gasteiger partial charge on any atom is 0.419 e. The number of hydrogen-bond donors (Lipinski definition) is 2. The summed E-state index contributed by atoms with van der Waals surface area (Å²) < 4.78 is 53.0. The van der Waals surface area contributed by atoms with E-state index in [2.05, 4.69) is 16.1 Å². The summed E-state index contributed by atoms with van der Waals surface area (Å²) in [6, 6.07) is 2.03. The van der Waals surface area contributed by atoms with Gasteiger partial charge in [0.1, 0.15) is 5.69 Å². The Morgan fingerprint density at radius 1 is 1.46 bits per heavy atom. The van der Waals surface area contributed by atoms with Crippen molar-refractivity contribution < 1.29 is 32.6 Å². The van der Waals surface area contributed by atoms with Crippen LogP contribution in [0, 0.1) is 24.1 Å². The van der Waals surface area contributed by atoms with Crippen LogP contribution >= 0.6 is 23.4 Å². The molecule has 2 N–H and O–H groups in total. The van der Waals surface area contributed by atoms with Crippen molar-refractivity contribution in [3.05, 3.63) is 23.0 Å². The number of carboxylic acid groups (broad SMARTS) is 1. The monoisotopic (exact) mass is 412 g/mol. The first-order valence-corrected chi connectivity index (χ1v) is 8.25. The van der Waals surface area contributed by atoms with E-state index >= 15 is 0 Å². The van der Waals surface area contributed by atoms with E-state index in [0.29, 0.717) is 11.8 Å². The van der Waals surface area contributed by atoms with E-state index in [1.165, 1.54) is 0 Å². The lowest BCUT2D eigenvalue weighted by Gasteiger charge is -2.31. The minimum atomic E-state index is -5.28. The fourth-order valence-electron chi connectivity index (χ4n) is 1.72. The van der Waals surface area contributed by atoms with Gasteiger partial charge in [-0.05, 0) is 19.1 Å². The van der Waals surface area contributed by atoms with Gasteiger partial charge in [0.2, 0.25) is 0 Å². The van der Waals surface area contributed by atoms with Crippen LogP contribution in [0.1, 0.15) is 6.92 Å². The third-order valence-corrected chi connectivity index (χ3v) is 4.76. The first-order valence-electron chi connectivity index (χ1n) is 6.88. The summed E-state index contributed by atoms with van der Waals surface area (Å²) in [5.41, 5.74) is -4.09. The molecule has 0 amide bonds. The number of halogens is 5. The highest BCUT2D eigenvalue weighted by molar-refractivity contribution is 7.99. The first-order chi connectivity index (χ1) is 11.9. The van der Waals surface area contributed by atoms with E-state index < -0.39 is 41.7 Å². The molecule has 0 radical (unpaired) electrons. The number of benzene rings is 1. The molecule has 0 bridgehead atoms. The van der Waals surface area contributed by atoms with Crippen LogP contribution in [0.15, 0.2) is 27.3 Å². The molecule has 26 heavy (non-hydrogen) atoms. The molecule has 0 saturated heterocycles. The molecule has 0 heterocycles. The zero-order valence-corrected chi connectivity index (χ0v) is 14.8. The molecule has 0 aromatic heterocycles. The number of nitrogens with zero attached hydrogens (tertiary/aromatic N) is 2. The van der Waals surface area contributed by atoms with Gasteiger partial charge < -0.3 is 10.2 Å². The van der Waals surface area contributed by atoms with Crippen molar-refractivity contribution in [2.24, 2.45) is 16.1 Å². The van der Waals surface area contributed by atoms with E-state index in [1.807, 2.05) is 0 Å². The molecule has 5 nitrogen and oxygen atoms in total. The number of alkyl halides is 3. The van der Waals surface area contributed by atoms with Crippen LogP contribution in [0.25, 0.3) is 0 Å². The molecule has 2 atom stereocenters. The number of azo groups is 1. The Morgan fingerprint density at radius 2 is 2.08 bits per heavy atom. The third kappa shape index (κ3) is 5.09.